The summed E-state index contributed by atoms with van der Waals surface area (Å²) in [5.41, 5.74) is 2.63. The molecule has 0 fully saturated rings. The summed E-state index contributed by atoms with van der Waals surface area (Å²) in [6.07, 6.45) is 1.97. The van der Waals surface area contributed by atoms with E-state index in [4.69, 9.17) is 0 Å². The second-order valence-electron chi connectivity index (χ2n) is 7.53. The first kappa shape index (κ1) is 17.8. The molecule has 0 aliphatic heterocycles. The molecule has 0 atom stereocenters. The van der Waals surface area contributed by atoms with Gasteiger partial charge in [-0.3, -0.25) is 0 Å². The average molecular weight is 361 g/mol. The summed E-state index contributed by atoms with van der Waals surface area (Å²) in [4.78, 5) is 7.44. The molecule has 134 valence electrons. The van der Waals surface area contributed by atoms with Crippen LogP contribution in [0.4, 0.5) is 9.52 Å². The highest BCUT2D eigenvalue weighted by atomic mass is 32.1. The first-order valence-corrected chi connectivity index (χ1v) is 9.06. The van der Waals surface area contributed by atoms with E-state index in [0.717, 1.165) is 21.3 Å². The van der Waals surface area contributed by atoms with E-state index in [-0.39, 0.29) is 11.2 Å². The summed E-state index contributed by atoms with van der Waals surface area (Å²) in [5.74, 6) is -0.170. The molecule has 0 spiro atoms. The zero-order valence-electron chi connectivity index (χ0n) is 15.3. The molecule has 25 heavy (non-hydrogen) atoms. The predicted octanol–water partition coefficient (Wildman–Crippen LogP) is 3.90. The van der Waals surface area contributed by atoms with Crippen LogP contribution in [0.5, 0.6) is 0 Å². The van der Waals surface area contributed by atoms with Crippen LogP contribution < -0.4 is 5.32 Å². The van der Waals surface area contributed by atoms with Crippen LogP contribution in [0.3, 0.4) is 0 Å². The van der Waals surface area contributed by atoms with Gasteiger partial charge in [0.25, 0.3) is 0 Å². The lowest BCUT2D eigenvalue weighted by Crippen LogP contribution is -2.12. The van der Waals surface area contributed by atoms with Crippen LogP contribution in [-0.2, 0) is 18.5 Å². The van der Waals surface area contributed by atoms with Crippen LogP contribution in [0.2, 0.25) is 0 Å². The van der Waals surface area contributed by atoms with Crippen molar-refractivity contribution in [3.63, 3.8) is 0 Å². The van der Waals surface area contributed by atoms with Crippen molar-refractivity contribution in [2.75, 3.05) is 19.4 Å². The number of halogens is 1. The van der Waals surface area contributed by atoms with Gasteiger partial charge >= 0.3 is 0 Å². The molecular weight excluding hydrogens is 337 g/mol. The fraction of sp³-hybridized carbons (Fsp3) is 0.444. The Labute approximate surface area is 151 Å². The lowest BCUT2D eigenvalue weighted by molar-refractivity contribution is 0.392. The van der Waals surface area contributed by atoms with Gasteiger partial charge in [-0.25, -0.2) is 13.9 Å². The van der Waals surface area contributed by atoms with Gasteiger partial charge in [-0.15, -0.1) is 5.10 Å². The van der Waals surface area contributed by atoms with Gasteiger partial charge in [-0.1, -0.05) is 44.2 Å². The predicted molar refractivity (Wildman–Crippen MR) is 101 cm³/mol. The van der Waals surface area contributed by atoms with E-state index < -0.39 is 0 Å². The van der Waals surface area contributed by atoms with Crippen molar-refractivity contribution in [3.8, 4) is 0 Å². The van der Waals surface area contributed by atoms with Crippen LogP contribution >= 0.6 is 11.3 Å². The largest absolute Gasteiger partial charge is 0.356 e. The first-order chi connectivity index (χ1) is 11.7. The second kappa shape index (κ2) is 6.72. The third-order valence-electron chi connectivity index (χ3n) is 3.86. The molecule has 3 rings (SSSR count). The van der Waals surface area contributed by atoms with Crippen molar-refractivity contribution < 1.29 is 4.39 Å². The molecule has 1 aromatic carbocycles. The number of benzene rings is 1. The van der Waals surface area contributed by atoms with Crippen molar-refractivity contribution in [3.05, 3.63) is 47.0 Å². The fourth-order valence-electron chi connectivity index (χ4n) is 2.48. The third-order valence-corrected chi connectivity index (χ3v) is 4.74. The Morgan fingerprint density at radius 2 is 2.04 bits per heavy atom. The van der Waals surface area contributed by atoms with Crippen molar-refractivity contribution in [2.45, 2.75) is 39.3 Å². The molecule has 0 saturated heterocycles. The zero-order chi connectivity index (χ0) is 18.2. The maximum Gasteiger partial charge on any atom is 0.214 e. The highest BCUT2D eigenvalue weighted by Gasteiger charge is 2.19. The number of hydrogen-bond acceptors (Lipinski definition) is 5. The summed E-state index contributed by atoms with van der Waals surface area (Å²) < 4.78 is 15.9. The van der Waals surface area contributed by atoms with Crippen LogP contribution in [0.1, 0.15) is 37.6 Å². The topological polar surface area (TPSA) is 45.5 Å². The maximum atomic E-state index is 14.1. The van der Waals surface area contributed by atoms with Gasteiger partial charge in [0, 0.05) is 24.1 Å². The van der Waals surface area contributed by atoms with Crippen molar-refractivity contribution in [1.29, 1.82) is 0 Å². The van der Waals surface area contributed by atoms with Crippen molar-refractivity contribution in [1.82, 2.24) is 19.5 Å². The number of fused-ring (bicyclic) bond motifs is 1. The van der Waals surface area contributed by atoms with E-state index in [1.54, 1.807) is 10.6 Å². The molecule has 2 aromatic heterocycles. The molecular formula is C18H24FN5S. The van der Waals surface area contributed by atoms with Gasteiger partial charge < -0.3 is 10.2 Å². The standard InChI is InChI=1S/C18H24FN5S/c1-18(2,3)15-11-24-17(21-15)25-16(22-24)20-9-12-6-7-13(10-23(4)5)14(19)8-12/h6-8,11H,9-10H2,1-5H3,(H,20,22). The normalized spacial score (nSPS) is 12.3. The van der Waals surface area contributed by atoms with E-state index in [9.17, 15) is 4.39 Å². The van der Waals surface area contributed by atoms with E-state index in [1.807, 2.05) is 37.3 Å². The Bertz CT molecular complexity index is 844. The number of aromatic nitrogens is 3. The Balaban J connectivity index is 1.68. The molecule has 0 unspecified atom stereocenters. The third kappa shape index (κ3) is 4.16. The molecule has 0 radical (unpaired) electrons. The van der Waals surface area contributed by atoms with Crippen molar-refractivity contribution in [2.24, 2.45) is 0 Å². The maximum absolute atomic E-state index is 14.1. The number of imidazole rings is 1. The molecule has 1 N–H and O–H groups in total. The van der Waals surface area contributed by atoms with Gasteiger partial charge in [0.05, 0.1) is 11.9 Å². The van der Waals surface area contributed by atoms with Gasteiger partial charge in [-0.2, -0.15) is 0 Å². The monoisotopic (exact) mass is 361 g/mol. The number of nitrogens with one attached hydrogen (secondary N) is 1. The first-order valence-electron chi connectivity index (χ1n) is 8.25. The molecule has 0 aliphatic rings. The minimum Gasteiger partial charge on any atom is -0.356 e. The van der Waals surface area contributed by atoms with Crippen molar-refractivity contribution >= 4 is 21.4 Å². The number of anilines is 1. The Morgan fingerprint density at radius 3 is 2.64 bits per heavy atom. The van der Waals surface area contributed by atoms with E-state index in [2.05, 4.69) is 36.2 Å². The highest BCUT2D eigenvalue weighted by Crippen LogP contribution is 2.26. The van der Waals surface area contributed by atoms with Crippen LogP contribution in [0.25, 0.3) is 4.96 Å². The van der Waals surface area contributed by atoms with Crippen LogP contribution in [0, 0.1) is 5.82 Å². The Hall–Kier alpha value is -1.99. The summed E-state index contributed by atoms with van der Waals surface area (Å²) in [7, 11) is 3.86. The fourth-order valence-corrected chi connectivity index (χ4v) is 3.26. The van der Waals surface area contributed by atoms with Gasteiger partial charge in [0.2, 0.25) is 10.1 Å². The lowest BCUT2D eigenvalue weighted by Gasteiger charge is -2.13. The second-order valence-corrected chi connectivity index (χ2v) is 8.48. The van der Waals surface area contributed by atoms with Gasteiger partial charge in [0.15, 0.2) is 0 Å². The smallest absolute Gasteiger partial charge is 0.214 e. The van der Waals surface area contributed by atoms with E-state index in [1.165, 1.54) is 11.3 Å². The molecule has 3 aromatic rings. The highest BCUT2D eigenvalue weighted by molar-refractivity contribution is 7.20. The van der Waals surface area contributed by atoms with E-state index in [0.29, 0.717) is 18.7 Å². The summed E-state index contributed by atoms with van der Waals surface area (Å²) in [6.45, 7) is 7.52. The molecule has 0 bridgehead atoms. The summed E-state index contributed by atoms with van der Waals surface area (Å²) >= 11 is 1.50. The van der Waals surface area contributed by atoms with Gasteiger partial charge in [-0.05, 0) is 25.7 Å². The van der Waals surface area contributed by atoms with Gasteiger partial charge in [0.1, 0.15) is 5.82 Å². The summed E-state index contributed by atoms with van der Waals surface area (Å²) in [6, 6.07) is 5.38. The average Bonchev–Trinajstić information content (AvgIpc) is 3.05. The lowest BCUT2D eigenvalue weighted by atomic mass is 9.93. The van der Waals surface area contributed by atoms with Crippen LogP contribution in [-0.4, -0.2) is 33.6 Å². The molecule has 0 aliphatic carbocycles. The Kier molecular flexibility index (Phi) is 4.79. The minimum atomic E-state index is -0.170. The number of hydrogen-bond donors (Lipinski definition) is 1. The summed E-state index contributed by atoms with van der Waals surface area (Å²) in [5, 5.41) is 8.53. The molecule has 0 amide bonds. The molecule has 0 saturated carbocycles. The molecule has 2 heterocycles. The number of rotatable bonds is 5. The zero-order valence-corrected chi connectivity index (χ0v) is 16.1. The molecule has 5 nitrogen and oxygen atoms in total. The minimum absolute atomic E-state index is 0.00679. The van der Waals surface area contributed by atoms with Crippen LogP contribution in [0.15, 0.2) is 24.4 Å². The number of nitrogens with zero attached hydrogens (tertiary/aromatic N) is 4. The van der Waals surface area contributed by atoms with E-state index >= 15 is 0 Å². The SMILES string of the molecule is CN(C)Cc1ccc(CNc2nn3cc(C(C)(C)C)nc3s2)cc1F. The Morgan fingerprint density at radius 1 is 1.28 bits per heavy atom. The molecule has 7 heteroatoms. The quantitative estimate of drug-likeness (QED) is 0.749.